The van der Waals surface area contributed by atoms with Gasteiger partial charge in [-0.15, -0.1) is 0 Å². The third-order valence-corrected chi connectivity index (χ3v) is 6.23. The molecule has 1 atom stereocenters. The van der Waals surface area contributed by atoms with E-state index < -0.39 is 0 Å². The van der Waals surface area contributed by atoms with Gasteiger partial charge < -0.3 is 0 Å². The van der Waals surface area contributed by atoms with Crippen LogP contribution in [-0.2, 0) is 6.42 Å². The first-order chi connectivity index (χ1) is 13.3. The van der Waals surface area contributed by atoms with E-state index in [1.807, 2.05) is 12.3 Å². The van der Waals surface area contributed by atoms with Gasteiger partial charge in [0, 0.05) is 23.1 Å². The molecule has 0 N–H and O–H groups in total. The highest BCUT2D eigenvalue weighted by Crippen LogP contribution is 2.17. The van der Waals surface area contributed by atoms with Gasteiger partial charge in [0.15, 0.2) is 0 Å². The van der Waals surface area contributed by atoms with Crippen molar-refractivity contribution in [1.82, 2.24) is 9.97 Å². The quantitative estimate of drug-likeness (QED) is 0.160. The van der Waals surface area contributed by atoms with E-state index in [2.05, 4.69) is 32.8 Å². The Labute approximate surface area is 177 Å². The Morgan fingerprint density at radius 1 is 0.741 bits per heavy atom. The van der Waals surface area contributed by atoms with E-state index in [0.29, 0.717) is 4.83 Å². The summed E-state index contributed by atoms with van der Waals surface area (Å²) in [5.41, 5.74) is 1.14. The smallest absolute Gasteiger partial charge is 0.115 e. The molecule has 1 aromatic rings. The van der Waals surface area contributed by atoms with Gasteiger partial charge in [-0.2, -0.15) is 0 Å². The Morgan fingerprint density at radius 2 is 1.22 bits per heavy atom. The first-order valence-corrected chi connectivity index (χ1v) is 12.6. The molecular weight excluding hydrogens is 396 g/mol. The molecule has 3 heteroatoms. The largest absolute Gasteiger partial charge is 0.245 e. The second-order valence-corrected chi connectivity index (χ2v) is 9.39. The summed E-state index contributed by atoms with van der Waals surface area (Å²) in [4.78, 5) is 8.83. The Morgan fingerprint density at radius 3 is 1.67 bits per heavy atom. The van der Waals surface area contributed by atoms with E-state index in [0.717, 1.165) is 12.1 Å². The molecule has 0 saturated carbocycles. The van der Waals surface area contributed by atoms with Gasteiger partial charge in [-0.05, 0) is 12.5 Å². The summed E-state index contributed by atoms with van der Waals surface area (Å²) in [6.45, 7) is 2.29. The lowest BCUT2D eigenvalue weighted by atomic mass is 10.0. The summed E-state index contributed by atoms with van der Waals surface area (Å²) < 4.78 is 0. The Kier molecular flexibility index (Phi) is 17.2. The molecule has 1 heterocycles. The molecule has 1 unspecified atom stereocenters. The van der Waals surface area contributed by atoms with Crippen LogP contribution in [0.2, 0.25) is 0 Å². The molecule has 0 saturated heterocycles. The van der Waals surface area contributed by atoms with Crippen LogP contribution in [0.5, 0.6) is 0 Å². The van der Waals surface area contributed by atoms with Crippen LogP contribution in [0.4, 0.5) is 0 Å². The molecule has 27 heavy (non-hydrogen) atoms. The van der Waals surface area contributed by atoms with Crippen LogP contribution in [-0.4, -0.2) is 14.8 Å². The number of hydrogen-bond donors (Lipinski definition) is 0. The minimum atomic E-state index is 0.555. The van der Waals surface area contributed by atoms with Gasteiger partial charge >= 0.3 is 0 Å². The van der Waals surface area contributed by atoms with E-state index >= 15 is 0 Å². The molecule has 0 aliphatic rings. The normalized spacial score (nSPS) is 12.4. The van der Waals surface area contributed by atoms with Crippen LogP contribution in [0.3, 0.4) is 0 Å². The lowest BCUT2D eigenvalue weighted by Gasteiger charge is -2.09. The highest BCUT2D eigenvalue weighted by molar-refractivity contribution is 9.09. The molecule has 1 aromatic heterocycles. The van der Waals surface area contributed by atoms with Gasteiger partial charge in [0.25, 0.3) is 0 Å². The van der Waals surface area contributed by atoms with E-state index in [-0.39, 0.29) is 0 Å². The van der Waals surface area contributed by atoms with Gasteiger partial charge in [-0.3, -0.25) is 0 Å². The number of nitrogens with zero attached hydrogens (tertiary/aromatic N) is 2. The summed E-state index contributed by atoms with van der Waals surface area (Å²) in [5.74, 6) is 0. The van der Waals surface area contributed by atoms with E-state index in [9.17, 15) is 0 Å². The topological polar surface area (TPSA) is 25.8 Å². The Hall–Kier alpha value is -0.440. The lowest BCUT2D eigenvalue weighted by molar-refractivity contribution is 0.526. The van der Waals surface area contributed by atoms with E-state index in [1.54, 1.807) is 6.33 Å². The molecular formula is C24H43BrN2. The predicted octanol–water partition coefficient (Wildman–Crippen LogP) is 8.43. The van der Waals surface area contributed by atoms with Gasteiger partial charge in [0.2, 0.25) is 0 Å². The zero-order chi connectivity index (χ0) is 19.4. The molecule has 0 bridgehead atoms. The van der Waals surface area contributed by atoms with E-state index in [1.165, 1.54) is 109 Å². The molecule has 0 amide bonds. The molecule has 0 aromatic carbocycles. The maximum atomic E-state index is 4.30. The molecule has 0 radical (unpaired) electrons. The van der Waals surface area contributed by atoms with Crippen molar-refractivity contribution >= 4 is 15.9 Å². The summed E-state index contributed by atoms with van der Waals surface area (Å²) in [7, 11) is 0. The summed E-state index contributed by atoms with van der Waals surface area (Å²) >= 11 is 3.80. The van der Waals surface area contributed by atoms with Crippen LogP contribution < -0.4 is 0 Å². The zero-order valence-electron chi connectivity index (χ0n) is 17.8. The Balaban J connectivity index is 1.75. The predicted molar refractivity (Wildman–Crippen MR) is 123 cm³/mol. The fourth-order valence-corrected chi connectivity index (χ4v) is 4.34. The van der Waals surface area contributed by atoms with Gasteiger partial charge in [-0.1, -0.05) is 126 Å². The van der Waals surface area contributed by atoms with E-state index in [4.69, 9.17) is 0 Å². The van der Waals surface area contributed by atoms with Crippen LogP contribution in [0.1, 0.15) is 122 Å². The number of aromatic nitrogens is 2. The number of alkyl halides is 1. The molecule has 0 fully saturated rings. The second-order valence-electron chi connectivity index (χ2n) is 8.09. The maximum Gasteiger partial charge on any atom is 0.115 e. The number of unbranched alkanes of at least 4 members (excludes halogenated alkanes) is 15. The molecule has 2 nitrogen and oxygen atoms in total. The zero-order valence-corrected chi connectivity index (χ0v) is 19.4. The minimum absolute atomic E-state index is 0.555. The average Bonchev–Trinajstić information content (AvgIpc) is 2.68. The second kappa shape index (κ2) is 18.9. The highest BCUT2D eigenvalue weighted by atomic mass is 79.9. The molecule has 0 spiro atoms. The first-order valence-electron chi connectivity index (χ1n) is 11.7. The summed E-state index contributed by atoms with van der Waals surface area (Å²) in [6, 6.07) is 2.02. The van der Waals surface area contributed by atoms with Crippen LogP contribution >= 0.6 is 15.9 Å². The molecule has 0 aliphatic heterocycles. The van der Waals surface area contributed by atoms with Crippen molar-refractivity contribution in [2.75, 3.05) is 0 Å². The number of halogens is 1. The van der Waals surface area contributed by atoms with Crippen molar-refractivity contribution < 1.29 is 0 Å². The number of rotatable bonds is 19. The van der Waals surface area contributed by atoms with Crippen molar-refractivity contribution in [1.29, 1.82) is 0 Å². The standard InChI is InChI=1S/C24H43BrN2/c1-2-3-4-5-6-7-8-9-10-11-12-13-14-15-16-17-18-23(25)21-24-19-20-26-22-27-24/h19-20,22-23H,2-18,21H2,1H3. The van der Waals surface area contributed by atoms with Crippen LogP contribution in [0.15, 0.2) is 18.6 Å². The fourth-order valence-electron chi connectivity index (χ4n) is 3.68. The average molecular weight is 440 g/mol. The van der Waals surface area contributed by atoms with Crippen molar-refractivity contribution in [3.63, 3.8) is 0 Å². The minimum Gasteiger partial charge on any atom is -0.245 e. The third kappa shape index (κ3) is 16.2. The first kappa shape index (κ1) is 24.6. The van der Waals surface area contributed by atoms with Gasteiger partial charge in [0.1, 0.15) is 6.33 Å². The third-order valence-electron chi connectivity index (χ3n) is 5.44. The summed E-state index contributed by atoms with van der Waals surface area (Å²) in [6.07, 6.45) is 28.7. The van der Waals surface area contributed by atoms with Crippen molar-refractivity contribution in [2.45, 2.75) is 127 Å². The maximum absolute atomic E-state index is 4.30. The molecule has 0 aliphatic carbocycles. The molecule has 156 valence electrons. The van der Waals surface area contributed by atoms with Crippen molar-refractivity contribution in [2.24, 2.45) is 0 Å². The van der Waals surface area contributed by atoms with Crippen molar-refractivity contribution in [3.8, 4) is 0 Å². The summed E-state index contributed by atoms with van der Waals surface area (Å²) in [5, 5.41) is 0. The van der Waals surface area contributed by atoms with Gasteiger partial charge in [0.05, 0.1) is 0 Å². The molecule has 1 rings (SSSR count). The van der Waals surface area contributed by atoms with Crippen LogP contribution in [0, 0.1) is 0 Å². The van der Waals surface area contributed by atoms with Gasteiger partial charge in [-0.25, -0.2) is 9.97 Å². The van der Waals surface area contributed by atoms with Crippen molar-refractivity contribution in [3.05, 3.63) is 24.3 Å². The van der Waals surface area contributed by atoms with Crippen LogP contribution in [0.25, 0.3) is 0 Å². The SMILES string of the molecule is CCCCCCCCCCCCCCCCCCC(Br)Cc1ccncn1. The number of hydrogen-bond acceptors (Lipinski definition) is 2. The fraction of sp³-hybridized carbons (Fsp3) is 0.833. The monoisotopic (exact) mass is 438 g/mol. The lowest BCUT2D eigenvalue weighted by Crippen LogP contribution is -2.04. The highest BCUT2D eigenvalue weighted by Gasteiger charge is 2.06. The Bertz CT molecular complexity index is 410.